The van der Waals surface area contributed by atoms with Crippen molar-refractivity contribution in [3.63, 3.8) is 0 Å². The molecule has 4 aliphatic heterocycles. The van der Waals surface area contributed by atoms with E-state index in [0.29, 0.717) is 72.4 Å². The number of nitrogens with zero attached hydrogens (tertiary/aromatic N) is 1. The van der Waals surface area contributed by atoms with Gasteiger partial charge in [0.15, 0.2) is 0 Å². The van der Waals surface area contributed by atoms with E-state index in [9.17, 15) is 0 Å². The van der Waals surface area contributed by atoms with Crippen LogP contribution in [0.3, 0.4) is 0 Å². The number of ether oxygens (including phenoxy) is 2. The Morgan fingerprint density at radius 1 is 0.526 bits per heavy atom. The Bertz CT molecular complexity index is 1540. The minimum Gasteiger partial charge on any atom is -0.374 e. The molecule has 6 nitrogen and oxygen atoms in total. The highest BCUT2D eigenvalue weighted by atomic mass is 16.5. The highest BCUT2D eigenvalue weighted by Gasteiger charge is 2.58. The maximum absolute atomic E-state index is 7.76. The second-order valence-corrected chi connectivity index (χ2v) is 22.2. The van der Waals surface area contributed by atoms with Crippen molar-refractivity contribution in [2.45, 2.75) is 222 Å². The number of nitrogens with one attached hydrogen (secondary N) is 3. The third-order valence-corrected chi connectivity index (χ3v) is 19.5. The van der Waals surface area contributed by atoms with Crippen LogP contribution in [-0.4, -0.2) is 53.9 Å². The molecular weight excluding hydrogens is 701 g/mol. The van der Waals surface area contributed by atoms with Crippen LogP contribution in [0.5, 0.6) is 0 Å². The molecule has 0 amide bonds. The highest BCUT2D eigenvalue weighted by molar-refractivity contribution is 5.45. The Labute approximate surface area is 345 Å². The number of allylic oxidation sites excluding steroid dienone is 3. The Morgan fingerprint density at radius 2 is 1.21 bits per heavy atom. The summed E-state index contributed by atoms with van der Waals surface area (Å²) in [5.74, 6) is 7.30. The largest absolute Gasteiger partial charge is 0.374 e. The number of fused-ring (bicyclic) bond motifs is 9. The summed E-state index contributed by atoms with van der Waals surface area (Å²) in [6, 6.07) is 0.670. The molecule has 57 heavy (non-hydrogen) atoms. The molecule has 3 saturated heterocycles. The van der Waals surface area contributed by atoms with Crippen LogP contribution in [0.4, 0.5) is 0 Å². The second kappa shape index (κ2) is 15.9. The zero-order valence-corrected chi connectivity index (χ0v) is 35.5. The van der Waals surface area contributed by atoms with E-state index in [4.69, 9.17) is 9.47 Å². The lowest BCUT2D eigenvalue weighted by Gasteiger charge is -2.52. The fraction of sp³-hybridized carbons (Fsp3) is 0.882. The first kappa shape index (κ1) is 37.6. The van der Waals surface area contributed by atoms with E-state index in [0.717, 1.165) is 29.6 Å². The molecule has 9 fully saturated rings. The quantitative estimate of drug-likeness (QED) is 0.258. The molecule has 0 bridgehead atoms. The van der Waals surface area contributed by atoms with Gasteiger partial charge in [-0.1, -0.05) is 88.9 Å². The van der Waals surface area contributed by atoms with Crippen LogP contribution >= 0.6 is 0 Å². The molecule has 314 valence electrons. The van der Waals surface area contributed by atoms with Crippen molar-refractivity contribution in [2.24, 2.45) is 59.2 Å². The normalized spacial score (nSPS) is 50.0. The molecule has 12 rings (SSSR count). The van der Waals surface area contributed by atoms with Gasteiger partial charge in [0, 0.05) is 29.5 Å². The van der Waals surface area contributed by atoms with Crippen LogP contribution in [0.1, 0.15) is 173 Å². The van der Waals surface area contributed by atoms with Gasteiger partial charge in [0.25, 0.3) is 0 Å². The van der Waals surface area contributed by atoms with Crippen molar-refractivity contribution in [2.75, 3.05) is 0 Å². The first-order chi connectivity index (χ1) is 28.3. The predicted molar refractivity (Wildman–Crippen MR) is 228 cm³/mol. The molecule has 0 radical (unpaired) electrons. The van der Waals surface area contributed by atoms with Crippen LogP contribution in [-0.2, 0) is 9.47 Å². The molecule has 0 spiro atoms. The van der Waals surface area contributed by atoms with Crippen molar-refractivity contribution in [3.05, 3.63) is 35.2 Å². The van der Waals surface area contributed by atoms with Gasteiger partial charge in [-0.25, -0.2) is 0 Å². The minimum atomic E-state index is 0.246. The Kier molecular flexibility index (Phi) is 10.5. The first-order valence-electron chi connectivity index (χ1n) is 25.8. The topological polar surface area (TPSA) is 57.8 Å². The van der Waals surface area contributed by atoms with E-state index < -0.39 is 0 Å². The maximum Gasteiger partial charge on any atom is 0.105 e. The summed E-state index contributed by atoms with van der Waals surface area (Å²) in [5, 5.41) is 13.3. The average Bonchev–Trinajstić information content (AvgIpc) is 3.97. The fourth-order valence-electron chi connectivity index (χ4n) is 17.0. The lowest BCUT2D eigenvalue weighted by Crippen LogP contribution is -2.74. The van der Waals surface area contributed by atoms with Gasteiger partial charge in [-0.2, -0.15) is 0 Å². The van der Waals surface area contributed by atoms with Gasteiger partial charge in [-0.3, -0.25) is 16.0 Å². The lowest BCUT2D eigenvalue weighted by molar-refractivity contribution is -0.0548. The summed E-state index contributed by atoms with van der Waals surface area (Å²) >= 11 is 0. The van der Waals surface area contributed by atoms with Crippen LogP contribution < -0.4 is 16.0 Å². The molecule has 0 aromatic heterocycles. The molecule has 4 heterocycles. The average molecular weight is 779 g/mol. The van der Waals surface area contributed by atoms with Crippen LogP contribution in [0, 0.1) is 59.2 Å². The van der Waals surface area contributed by atoms with Crippen molar-refractivity contribution in [1.29, 1.82) is 0 Å². The highest BCUT2D eigenvalue weighted by Crippen LogP contribution is 2.57. The molecule has 0 aromatic rings. The standard InChI is InChI=1S/C51H78N4O2/c1-3-13-31(14-4-1)32-25-27-33(28-26-32)49-52-50(40-20-12-24-44-45(40)39-18-8-10-23-43(39)56-44)54-51(53-49)41-21-11-19-37-38-30-29-36-35-17-7-9-22-42(35)55(34-15-5-2-6-16-34)46(36)48(38)57-47(37)41/h15,29-33,35,37-45,47-54H,1-14,16-28H2. The summed E-state index contributed by atoms with van der Waals surface area (Å²) < 4.78 is 14.7. The van der Waals surface area contributed by atoms with Crippen molar-refractivity contribution >= 4 is 0 Å². The Morgan fingerprint density at radius 3 is 2.09 bits per heavy atom. The summed E-state index contributed by atoms with van der Waals surface area (Å²) in [6.45, 7) is 0. The molecular formula is C51H78N4O2. The van der Waals surface area contributed by atoms with Gasteiger partial charge in [0.2, 0.25) is 0 Å². The van der Waals surface area contributed by atoms with Crippen LogP contribution in [0.15, 0.2) is 35.2 Å². The summed E-state index contributed by atoms with van der Waals surface area (Å²) in [6.07, 6.45) is 48.1. The Hall–Kier alpha value is -1.18. The molecule has 15 unspecified atom stereocenters. The smallest absolute Gasteiger partial charge is 0.105 e. The van der Waals surface area contributed by atoms with E-state index in [1.54, 1.807) is 17.0 Å². The third-order valence-electron chi connectivity index (χ3n) is 19.5. The molecule has 6 saturated carbocycles. The number of hydrogen-bond donors (Lipinski definition) is 3. The molecule has 12 aliphatic rings. The summed E-state index contributed by atoms with van der Waals surface area (Å²) in [4.78, 5) is 2.93. The van der Waals surface area contributed by atoms with Crippen LogP contribution in [0.25, 0.3) is 0 Å². The van der Waals surface area contributed by atoms with E-state index in [1.807, 2.05) is 0 Å². The Balaban J connectivity index is 0.830. The van der Waals surface area contributed by atoms with Gasteiger partial charge in [0.1, 0.15) is 6.10 Å². The lowest BCUT2D eigenvalue weighted by atomic mass is 9.66. The zero-order chi connectivity index (χ0) is 37.5. The van der Waals surface area contributed by atoms with E-state index >= 15 is 0 Å². The minimum absolute atomic E-state index is 0.246. The van der Waals surface area contributed by atoms with Crippen molar-refractivity contribution in [1.82, 2.24) is 20.9 Å². The fourth-order valence-corrected chi connectivity index (χ4v) is 17.0. The number of rotatable bonds is 5. The molecule has 3 N–H and O–H groups in total. The molecule has 8 aliphatic carbocycles. The summed E-state index contributed by atoms with van der Waals surface area (Å²) in [7, 11) is 0. The SMILES string of the molecule is C1=CC2C(OC3C(C4NC(C5CCC(C6CCCCC6)CC5)NC(C5CCCC6OC7CCCCC7C65)N4)CCCC23)C2=C1C1CCCCC1N2C1=CCCCC1. The maximum atomic E-state index is 7.76. The van der Waals surface area contributed by atoms with Crippen LogP contribution in [0.2, 0.25) is 0 Å². The van der Waals surface area contributed by atoms with E-state index in [-0.39, 0.29) is 6.10 Å². The van der Waals surface area contributed by atoms with Gasteiger partial charge in [-0.05, 0) is 150 Å². The van der Waals surface area contributed by atoms with E-state index in [1.165, 1.54) is 173 Å². The van der Waals surface area contributed by atoms with E-state index in [2.05, 4.69) is 39.1 Å². The third kappa shape index (κ3) is 6.64. The van der Waals surface area contributed by atoms with Gasteiger partial charge in [-0.15, -0.1) is 0 Å². The molecule has 15 atom stereocenters. The zero-order valence-electron chi connectivity index (χ0n) is 35.5. The molecule has 6 heteroatoms. The van der Waals surface area contributed by atoms with Crippen molar-refractivity contribution < 1.29 is 9.47 Å². The van der Waals surface area contributed by atoms with Gasteiger partial charge in [0.05, 0.1) is 42.5 Å². The van der Waals surface area contributed by atoms with Gasteiger partial charge >= 0.3 is 0 Å². The molecule has 0 aromatic carbocycles. The number of hydrogen-bond acceptors (Lipinski definition) is 6. The van der Waals surface area contributed by atoms with Gasteiger partial charge < -0.3 is 14.4 Å². The predicted octanol–water partition coefficient (Wildman–Crippen LogP) is 10.5. The first-order valence-corrected chi connectivity index (χ1v) is 25.8. The second-order valence-electron chi connectivity index (χ2n) is 22.2. The monoisotopic (exact) mass is 779 g/mol. The summed E-state index contributed by atoms with van der Waals surface area (Å²) in [5.41, 5.74) is 4.96. The van der Waals surface area contributed by atoms with Crippen molar-refractivity contribution in [3.8, 4) is 0 Å².